The van der Waals surface area contributed by atoms with E-state index in [1.165, 1.54) is 17.4 Å². The average molecular weight is 480 g/mol. The molecule has 0 aliphatic carbocycles. The van der Waals surface area contributed by atoms with Gasteiger partial charge in [-0.2, -0.15) is 0 Å². The molecule has 1 aromatic heterocycles. The van der Waals surface area contributed by atoms with Crippen LogP contribution in [0, 0.1) is 6.92 Å². The van der Waals surface area contributed by atoms with Gasteiger partial charge in [0.15, 0.2) is 11.5 Å². The van der Waals surface area contributed by atoms with Gasteiger partial charge in [0, 0.05) is 16.5 Å². The molecule has 3 aromatic rings. The van der Waals surface area contributed by atoms with Crippen LogP contribution < -0.4 is 14.8 Å². The van der Waals surface area contributed by atoms with Crippen LogP contribution in [0.3, 0.4) is 0 Å². The van der Waals surface area contributed by atoms with Gasteiger partial charge in [0.25, 0.3) is 0 Å². The van der Waals surface area contributed by atoms with E-state index in [0.29, 0.717) is 28.7 Å². The lowest BCUT2D eigenvalue weighted by atomic mass is 10.0. The quantitative estimate of drug-likeness (QED) is 0.271. The molecule has 0 saturated heterocycles. The smallest absolute Gasteiger partial charge is 0.341 e. The molecule has 1 heterocycles. The number of benzene rings is 2. The summed E-state index contributed by atoms with van der Waals surface area (Å²) in [5.74, 6) is 0.448. The van der Waals surface area contributed by atoms with Gasteiger partial charge in [-0.1, -0.05) is 43.3 Å². The van der Waals surface area contributed by atoms with Crippen LogP contribution in [-0.4, -0.2) is 32.2 Å². The normalized spacial score (nSPS) is 10.8. The van der Waals surface area contributed by atoms with Crippen LogP contribution in [-0.2, 0) is 9.53 Å². The molecule has 0 aliphatic rings. The molecule has 6 nitrogen and oxygen atoms in total. The van der Waals surface area contributed by atoms with Crippen molar-refractivity contribution in [2.24, 2.45) is 0 Å². The second-order valence-corrected chi connectivity index (χ2v) is 8.63. The molecule has 178 valence electrons. The number of amides is 1. The third-order valence-corrected chi connectivity index (χ3v) is 5.96. The number of nitrogens with one attached hydrogen (secondary N) is 1. The highest BCUT2D eigenvalue weighted by atomic mass is 32.1. The van der Waals surface area contributed by atoms with E-state index in [-0.39, 0.29) is 12.5 Å². The summed E-state index contributed by atoms with van der Waals surface area (Å²) in [6.07, 6.45) is 4.00. The lowest BCUT2D eigenvalue weighted by Gasteiger charge is -2.10. The standard InChI is InChI=1S/C27H29NO5S/c1-5-16-33-21-14-12-19(17-22(21)31-4)13-15-23(29)28-26-25(27(30)32-6-2)24(18(3)34-26)20-10-8-7-9-11-20/h7-15,17H,5-6,16H2,1-4H3,(H,28,29). The van der Waals surface area contributed by atoms with Gasteiger partial charge in [-0.25, -0.2) is 4.79 Å². The Hall–Kier alpha value is -3.58. The van der Waals surface area contributed by atoms with Gasteiger partial charge in [-0.15, -0.1) is 11.3 Å². The topological polar surface area (TPSA) is 73.9 Å². The number of hydrogen-bond acceptors (Lipinski definition) is 6. The van der Waals surface area contributed by atoms with E-state index in [1.54, 1.807) is 20.1 Å². The van der Waals surface area contributed by atoms with Crippen LogP contribution in [0.5, 0.6) is 11.5 Å². The number of anilines is 1. The third-order valence-electron chi connectivity index (χ3n) is 4.94. The molecule has 0 aliphatic heterocycles. The molecule has 3 rings (SSSR count). The minimum Gasteiger partial charge on any atom is -0.493 e. The minimum atomic E-state index is -0.461. The van der Waals surface area contributed by atoms with E-state index < -0.39 is 5.97 Å². The van der Waals surface area contributed by atoms with Crippen molar-refractivity contribution in [1.29, 1.82) is 0 Å². The van der Waals surface area contributed by atoms with Gasteiger partial charge in [0.2, 0.25) is 5.91 Å². The predicted molar refractivity (Wildman–Crippen MR) is 137 cm³/mol. The van der Waals surface area contributed by atoms with E-state index in [2.05, 4.69) is 5.32 Å². The fourth-order valence-electron chi connectivity index (χ4n) is 3.43. The molecule has 1 N–H and O–H groups in total. The Labute approximate surface area is 204 Å². The van der Waals surface area contributed by atoms with Gasteiger partial charge in [0.1, 0.15) is 10.6 Å². The molecule has 7 heteroatoms. The van der Waals surface area contributed by atoms with Crippen LogP contribution in [0.4, 0.5) is 5.00 Å². The molecule has 0 spiro atoms. The second-order valence-electron chi connectivity index (χ2n) is 7.41. The first-order chi connectivity index (χ1) is 16.5. The van der Waals surface area contributed by atoms with Crippen molar-refractivity contribution in [1.82, 2.24) is 0 Å². The molecular formula is C27H29NO5S. The molecule has 0 radical (unpaired) electrons. The molecule has 34 heavy (non-hydrogen) atoms. The highest BCUT2D eigenvalue weighted by molar-refractivity contribution is 7.17. The maximum Gasteiger partial charge on any atom is 0.341 e. The summed E-state index contributed by atoms with van der Waals surface area (Å²) in [5.41, 5.74) is 2.83. The van der Waals surface area contributed by atoms with Crippen molar-refractivity contribution in [2.75, 3.05) is 25.6 Å². The SMILES string of the molecule is CCCOc1ccc(C=CC(=O)Nc2sc(C)c(-c3ccccc3)c2C(=O)OCC)cc1OC. The maximum absolute atomic E-state index is 12.8. The van der Waals surface area contributed by atoms with E-state index in [9.17, 15) is 9.59 Å². The predicted octanol–water partition coefficient (Wildman–Crippen LogP) is 6.35. The van der Waals surface area contributed by atoms with Crippen molar-refractivity contribution < 1.29 is 23.8 Å². The first-order valence-corrected chi connectivity index (χ1v) is 12.0. The number of thiophene rings is 1. The second kappa shape index (κ2) is 12.0. The summed E-state index contributed by atoms with van der Waals surface area (Å²) >= 11 is 1.35. The van der Waals surface area contributed by atoms with Gasteiger partial charge in [-0.05, 0) is 49.6 Å². The third kappa shape index (κ3) is 6.05. The van der Waals surface area contributed by atoms with E-state index in [4.69, 9.17) is 14.2 Å². The molecule has 0 unspecified atom stereocenters. The largest absolute Gasteiger partial charge is 0.493 e. The minimum absolute atomic E-state index is 0.245. The molecule has 0 fully saturated rings. The zero-order valence-corrected chi connectivity index (χ0v) is 20.7. The lowest BCUT2D eigenvalue weighted by Crippen LogP contribution is -2.12. The zero-order valence-electron chi connectivity index (χ0n) is 19.8. The number of ether oxygens (including phenoxy) is 3. The number of carbonyl (C=O) groups excluding carboxylic acids is 2. The van der Waals surface area contributed by atoms with Gasteiger partial charge < -0.3 is 19.5 Å². The Balaban J connectivity index is 1.84. The van der Waals surface area contributed by atoms with E-state index in [1.807, 2.05) is 62.4 Å². The Bertz CT molecular complexity index is 1170. The summed E-state index contributed by atoms with van der Waals surface area (Å²) in [4.78, 5) is 26.5. The fraction of sp³-hybridized carbons (Fsp3) is 0.259. The van der Waals surface area contributed by atoms with Gasteiger partial charge >= 0.3 is 5.97 Å². The highest BCUT2D eigenvalue weighted by Crippen LogP contribution is 2.40. The number of carbonyl (C=O) groups is 2. The first kappa shape index (κ1) is 25.1. The molecule has 0 atom stereocenters. The number of methoxy groups -OCH3 is 1. The number of rotatable bonds is 10. The first-order valence-electron chi connectivity index (χ1n) is 11.1. The summed E-state index contributed by atoms with van der Waals surface area (Å²) in [5, 5.41) is 3.32. The molecule has 0 saturated carbocycles. The lowest BCUT2D eigenvalue weighted by molar-refractivity contribution is -0.111. The van der Waals surface area contributed by atoms with Crippen LogP contribution in [0.15, 0.2) is 54.6 Å². The number of aryl methyl sites for hydroxylation is 1. The van der Waals surface area contributed by atoms with Gasteiger partial charge in [-0.3, -0.25) is 4.79 Å². The highest BCUT2D eigenvalue weighted by Gasteiger charge is 2.25. The van der Waals surface area contributed by atoms with E-state index >= 15 is 0 Å². The number of esters is 1. The Morgan fingerprint density at radius 3 is 2.50 bits per heavy atom. The summed E-state index contributed by atoms with van der Waals surface area (Å²) in [7, 11) is 1.58. The fourth-order valence-corrected chi connectivity index (χ4v) is 4.50. The van der Waals surface area contributed by atoms with Crippen LogP contribution >= 0.6 is 11.3 Å². The van der Waals surface area contributed by atoms with Crippen molar-refractivity contribution in [3.05, 3.63) is 70.6 Å². The van der Waals surface area contributed by atoms with Crippen molar-refractivity contribution in [3.63, 3.8) is 0 Å². The Morgan fingerprint density at radius 1 is 1.06 bits per heavy atom. The van der Waals surface area contributed by atoms with E-state index in [0.717, 1.165) is 28.0 Å². The average Bonchev–Trinajstić information content (AvgIpc) is 3.17. The maximum atomic E-state index is 12.8. The number of hydrogen-bond donors (Lipinski definition) is 1. The van der Waals surface area contributed by atoms with Crippen LogP contribution in [0.2, 0.25) is 0 Å². The Morgan fingerprint density at radius 2 is 1.82 bits per heavy atom. The molecular weight excluding hydrogens is 450 g/mol. The van der Waals surface area contributed by atoms with Crippen LogP contribution in [0.25, 0.3) is 17.2 Å². The summed E-state index contributed by atoms with van der Waals surface area (Å²) < 4.78 is 16.4. The van der Waals surface area contributed by atoms with Gasteiger partial charge in [0.05, 0.1) is 20.3 Å². The summed E-state index contributed by atoms with van der Waals surface area (Å²) in [6, 6.07) is 15.1. The van der Waals surface area contributed by atoms with Crippen molar-refractivity contribution in [2.45, 2.75) is 27.2 Å². The van der Waals surface area contributed by atoms with Crippen molar-refractivity contribution in [3.8, 4) is 22.6 Å². The monoisotopic (exact) mass is 479 g/mol. The molecule has 2 aromatic carbocycles. The Kier molecular flexibility index (Phi) is 8.87. The molecule has 0 bridgehead atoms. The molecule has 1 amide bonds. The van der Waals surface area contributed by atoms with Crippen molar-refractivity contribution >= 4 is 34.3 Å². The summed E-state index contributed by atoms with van der Waals surface area (Å²) in [6.45, 7) is 6.56. The van der Waals surface area contributed by atoms with Crippen LogP contribution in [0.1, 0.15) is 41.1 Å². The zero-order chi connectivity index (χ0) is 24.5.